The molecule has 4 atom stereocenters. The third-order valence-electron chi connectivity index (χ3n) is 6.93. The second-order valence-electron chi connectivity index (χ2n) is 8.95. The fraction of sp³-hybridized carbons (Fsp3) is 0.609. The van der Waals surface area contributed by atoms with E-state index in [1.165, 1.54) is 0 Å². The number of nitrogens with one attached hydrogen (secondary N) is 3. The van der Waals surface area contributed by atoms with Gasteiger partial charge in [-0.3, -0.25) is 19.5 Å². The number of carbonyl (C=O) groups excluding carboxylic acids is 2. The fourth-order valence-electron chi connectivity index (χ4n) is 5.11. The number of pyridine rings is 1. The first kappa shape index (κ1) is 21.9. The first-order valence-corrected chi connectivity index (χ1v) is 11.3. The minimum absolute atomic E-state index is 0.116. The summed E-state index contributed by atoms with van der Waals surface area (Å²) in [6.45, 7) is 4.87. The summed E-state index contributed by atoms with van der Waals surface area (Å²) in [6, 6.07) is 3.93. The summed E-state index contributed by atoms with van der Waals surface area (Å²) in [7, 11) is 1.56. The Morgan fingerprint density at radius 3 is 2.84 bits per heavy atom. The second-order valence-corrected chi connectivity index (χ2v) is 8.95. The van der Waals surface area contributed by atoms with Gasteiger partial charge in [-0.2, -0.15) is 0 Å². The smallest absolute Gasteiger partial charge is 0.269 e. The number of nitrogens with zero attached hydrogens (tertiary/aromatic N) is 2. The molecule has 8 heteroatoms. The van der Waals surface area contributed by atoms with Gasteiger partial charge >= 0.3 is 0 Å². The lowest BCUT2D eigenvalue weighted by Gasteiger charge is -2.44. The molecular weight excluding hydrogens is 397 g/mol. The number of fused-ring (bicyclic) bond motifs is 1. The Bertz CT molecular complexity index is 856. The average molecular weight is 430 g/mol. The summed E-state index contributed by atoms with van der Waals surface area (Å²) >= 11 is 0. The topological polar surface area (TPSA) is 86.4 Å². The van der Waals surface area contributed by atoms with Crippen molar-refractivity contribution in [2.45, 2.75) is 44.7 Å². The second kappa shape index (κ2) is 9.44. The van der Waals surface area contributed by atoms with Crippen molar-refractivity contribution in [3.63, 3.8) is 0 Å². The summed E-state index contributed by atoms with van der Waals surface area (Å²) in [4.78, 5) is 30.2. The van der Waals surface area contributed by atoms with Gasteiger partial charge in [0.2, 0.25) is 5.91 Å². The monoisotopic (exact) mass is 429 g/mol. The molecule has 4 rings (SSSR count). The van der Waals surface area contributed by atoms with E-state index >= 15 is 0 Å². The third kappa shape index (κ3) is 4.80. The highest BCUT2D eigenvalue weighted by atomic mass is 19.1. The summed E-state index contributed by atoms with van der Waals surface area (Å²) < 4.78 is 14.9. The van der Waals surface area contributed by atoms with Gasteiger partial charge in [0, 0.05) is 44.3 Å². The molecule has 1 aromatic rings. The van der Waals surface area contributed by atoms with E-state index in [1.807, 2.05) is 0 Å². The van der Waals surface area contributed by atoms with E-state index in [4.69, 9.17) is 0 Å². The molecule has 0 saturated carbocycles. The molecule has 0 aliphatic carbocycles. The molecule has 0 radical (unpaired) electrons. The molecule has 3 aliphatic rings. The van der Waals surface area contributed by atoms with Crippen LogP contribution in [0.3, 0.4) is 0 Å². The van der Waals surface area contributed by atoms with Gasteiger partial charge in [-0.25, -0.2) is 4.39 Å². The molecule has 3 aliphatic heterocycles. The Hall–Kier alpha value is -2.32. The Balaban J connectivity index is 1.33. The Kier molecular flexibility index (Phi) is 6.67. The number of rotatable bonds is 5. The highest BCUT2D eigenvalue weighted by molar-refractivity contribution is 5.92. The van der Waals surface area contributed by atoms with Gasteiger partial charge in [0.05, 0.1) is 6.54 Å². The van der Waals surface area contributed by atoms with Gasteiger partial charge in [0.1, 0.15) is 11.5 Å². The first-order valence-electron chi connectivity index (χ1n) is 11.3. The van der Waals surface area contributed by atoms with Gasteiger partial charge in [-0.15, -0.1) is 0 Å². The number of aromatic nitrogens is 1. The van der Waals surface area contributed by atoms with Gasteiger partial charge in [0.25, 0.3) is 5.91 Å². The number of piperidine rings is 2. The van der Waals surface area contributed by atoms with Crippen molar-refractivity contribution in [3.8, 4) is 0 Å². The highest BCUT2D eigenvalue weighted by Crippen LogP contribution is 2.30. The molecule has 3 N–H and O–H groups in total. The molecule has 168 valence electrons. The predicted molar refractivity (Wildman–Crippen MR) is 117 cm³/mol. The lowest BCUT2D eigenvalue weighted by Crippen LogP contribution is -2.62. The van der Waals surface area contributed by atoms with E-state index in [1.54, 1.807) is 25.4 Å². The van der Waals surface area contributed by atoms with Gasteiger partial charge in [0.15, 0.2) is 0 Å². The van der Waals surface area contributed by atoms with Crippen molar-refractivity contribution in [1.82, 2.24) is 25.8 Å². The van der Waals surface area contributed by atoms with Crippen LogP contribution in [0.5, 0.6) is 0 Å². The Morgan fingerprint density at radius 2 is 2.16 bits per heavy atom. The maximum Gasteiger partial charge on any atom is 0.269 e. The van der Waals surface area contributed by atoms with Crippen molar-refractivity contribution in [1.29, 1.82) is 0 Å². The van der Waals surface area contributed by atoms with Crippen LogP contribution in [0.2, 0.25) is 0 Å². The predicted octanol–water partition coefficient (Wildman–Crippen LogP) is 1.72. The molecule has 4 heterocycles. The maximum absolute atomic E-state index is 14.9. The van der Waals surface area contributed by atoms with Crippen molar-refractivity contribution >= 4 is 17.4 Å². The molecule has 4 unspecified atom stereocenters. The Labute approximate surface area is 182 Å². The molecular formula is C23H32FN5O2. The summed E-state index contributed by atoms with van der Waals surface area (Å²) in [5, 5.41) is 9.36. The van der Waals surface area contributed by atoms with Crippen molar-refractivity contribution in [2.24, 2.45) is 11.8 Å². The standard InChI is InChI=1S/C23H32FN5O2/c1-3-15-9-20-21(28-22(15)30)8-14(10-26-20)12-29-7-6-17(18(24)13-29)16-4-5-19(27-11-16)23(31)25-2/h4-5,11,14-15,20-21,26H,3,6-10,12-13H2,1-2H3,(H,25,31)(H,28,30). The van der Waals surface area contributed by atoms with Crippen LogP contribution >= 0.6 is 0 Å². The molecule has 0 aromatic carbocycles. The van der Waals surface area contributed by atoms with Crippen molar-refractivity contribution in [2.75, 3.05) is 33.2 Å². The molecule has 7 nitrogen and oxygen atoms in total. The van der Waals surface area contributed by atoms with Crippen LogP contribution in [0.25, 0.3) is 5.57 Å². The minimum atomic E-state index is -0.251. The van der Waals surface area contributed by atoms with Gasteiger partial charge in [-0.1, -0.05) is 13.0 Å². The van der Waals surface area contributed by atoms with Crippen molar-refractivity contribution in [3.05, 3.63) is 35.4 Å². The van der Waals surface area contributed by atoms with E-state index in [-0.39, 0.29) is 29.6 Å². The first-order chi connectivity index (χ1) is 15.0. The van der Waals surface area contributed by atoms with E-state index < -0.39 is 0 Å². The summed E-state index contributed by atoms with van der Waals surface area (Å²) in [5.74, 6) is 0.309. The van der Waals surface area contributed by atoms with E-state index in [2.05, 4.69) is 32.8 Å². The lowest BCUT2D eigenvalue weighted by atomic mass is 9.80. The number of carbonyl (C=O) groups is 2. The zero-order valence-electron chi connectivity index (χ0n) is 18.3. The zero-order valence-corrected chi connectivity index (χ0v) is 18.3. The van der Waals surface area contributed by atoms with Crippen LogP contribution < -0.4 is 16.0 Å². The Morgan fingerprint density at radius 1 is 1.32 bits per heavy atom. The zero-order chi connectivity index (χ0) is 22.0. The maximum atomic E-state index is 14.9. The number of amides is 2. The van der Waals surface area contributed by atoms with Crippen LogP contribution in [0.15, 0.2) is 24.2 Å². The SMILES string of the molecule is CCC1CC2NCC(CN3CCC(c4ccc(C(=O)NC)nc4)=C(F)C3)CC2NC1=O. The quantitative estimate of drug-likeness (QED) is 0.664. The molecule has 0 bridgehead atoms. The molecule has 1 aromatic heterocycles. The molecule has 2 amide bonds. The van der Waals surface area contributed by atoms with Crippen LogP contribution in [0, 0.1) is 11.8 Å². The van der Waals surface area contributed by atoms with Gasteiger partial charge in [-0.05, 0) is 55.3 Å². The molecule has 31 heavy (non-hydrogen) atoms. The summed E-state index contributed by atoms with van der Waals surface area (Å²) in [5.41, 5.74) is 1.74. The number of hydrogen-bond donors (Lipinski definition) is 3. The van der Waals surface area contributed by atoms with Crippen LogP contribution in [-0.4, -0.2) is 67.0 Å². The van der Waals surface area contributed by atoms with Crippen LogP contribution in [0.4, 0.5) is 4.39 Å². The highest BCUT2D eigenvalue weighted by Gasteiger charge is 2.39. The number of hydrogen-bond acceptors (Lipinski definition) is 5. The third-order valence-corrected chi connectivity index (χ3v) is 6.93. The fourth-order valence-corrected chi connectivity index (χ4v) is 5.11. The normalized spacial score (nSPS) is 29.3. The largest absolute Gasteiger partial charge is 0.354 e. The van der Waals surface area contributed by atoms with Gasteiger partial charge < -0.3 is 16.0 Å². The molecule has 0 spiro atoms. The van der Waals surface area contributed by atoms with Crippen molar-refractivity contribution < 1.29 is 14.0 Å². The van der Waals surface area contributed by atoms with E-state index in [0.717, 1.165) is 44.5 Å². The van der Waals surface area contributed by atoms with E-state index in [0.29, 0.717) is 36.2 Å². The molecule has 2 saturated heterocycles. The average Bonchev–Trinajstić information content (AvgIpc) is 2.78. The number of halogens is 1. The van der Waals surface area contributed by atoms with Crippen LogP contribution in [0.1, 0.15) is 48.7 Å². The summed E-state index contributed by atoms with van der Waals surface area (Å²) in [6.07, 6.45) is 4.94. The van der Waals surface area contributed by atoms with Crippen LogP contribution in [-0.2, 0) is 4.79 Å². The minimum Gasteiger partial charge on any atom is -0.354 e. The molecule has 2 fully saturated rings. The van der Waals surface area contributed by atoms with E-state index in [9.17, 15) is 14.0 Å². The lowest BCUT2D eigenvalue weighted by molar-refractivity contribution is -0.129.